The summed E-state index contributed by atoms with van der Waals surface area (Å²) in [7, 11) is 1.66. The van der Waals surface area contributed by atoms with E-state index < -0.39 is 0 Å². The highest BCUT2D eigenvalue weighted by Gasteiger charge is 2.05. The maximum absolute atomic E-state index is 5.91. The molecular formula is C20H24N6O. The minimum Gasteiger partial charge on any atom is -0.383 e. The largest absolute Gasteiger partial charge is 0.383 e. The first-order valence-electron chi connectivity index (χ1n) is 8.78. The van der Waals surface area contributed by atoms with Gasteiger partial charge in [-0.1, -0.05) is 48.5 Å². The topological polar surface area (TPSA) is 90.3 Å². The molecule has 7 nitrogen and oxygen atoms in total. The lowest BCUT2D eigenvalue weighted by atomic mass is 9.98. The SMILES string of the molecule is COCCNC(N)=NCc1ccccc1-c1ccc(Cn2cncn2)cc1. The van der Waals surface area contributed by atoms with Crippen LogP contribution in [0.3, 0.4) is 0 Å². The van der Waals surface area contributed by atoms with E-state index in [4.69, 9.17) is 10.5 Å². The van der Waals surface area contributed by atoms with E-state index in [0.717, 1.165) is 16.7 Å². The Morgan fingerprint density at radius 3 is 2.74 bits per heavy atom. The van der Waals surface area contributed by atoms with Crippen LogP contribution in [0.25, 0.3) is 11.1 Å². The third-order valence-electron chi connectivity index (χ3n) is 4.13. The van der Waals surface area contributed by atoms with Crippen molar-refractivity contribution in [3.63, 3.8) is 0 Å². The molecule has 0 saturated carbocycles. The van der Waals surface area contributed by atoms with E-state index in [1.54, 1.807) is 24.4 Å². The van der Waals surface area contributed by atoms with Gasteiger partial charge in [0.25, 0.3) is 0 Å². The van der Waals surface area contributed by atoms with Crippen molar-refractivity contribution in [3.05, 3.63) is 72.3 Å². The fourth-order valence-corrected chi connectivity index (χ4v) is 2.74. The molecule has 3 aromatic rings. The molecule has 1 aromatic heterocycles. The zero-order chi connectivity index (χ0) is 18.9. The quantitative estimate of drug-likeness (QED) is 0.363. The molecule has 0 radical (unpaired) electrons. The van der Waals surface area contributed by atoms with Crippen LogP contribution in [-0.4, -0.2) is 41.0 Å². The second kappa shape index (κ2) is 9.49. The lowest BCUT2D eigenvalue weighted by molar-refractivity contribution is 0.204. The van der Waals surface area contributed by atoms with Crippen LogP contribution in [0.15, 0.2) is 66.2 Å². The molecule has 140 valence electrons. The summed E-state index contributed by atoms with van der Waals surface area (Å²) in [4.78, 5) is 8.40. The first kappa shape index (κ1) is 18.6. The summed E-state index contributed by atoms with van der Waals surface area (Å²) in [6.07, 6.45) is 3.26. The summed E-state index contributed by atoms with van der Waals surface area (Å²) in [5.74, 6) is 0.421. The third-order valence-corrected chi connectivity index (χ3v) is 4.13. The number of aliphatic imine (C=N–C) groups is 1. The van der Waals surface area contributed by atoms with E-state index >= 15 is 0 Å². The summed E-state index contributed by atoms with van der Waals surface area (Å²) in [6.45, 7) is 2.45. The third kappa shape index (κ3) is 5.39. The first-order chi connectivity index (χ1) is 13.3. The van der Waals surface area contributed by atoms with Crippen LogP contribution in [-0.2, 0) is 17.8 Å². The molecule has 0 spiro atoms. The lowest BCUT2D eigenvalue weighted by Crippen LogP contribution is -2.34. The second-order valence-corrected chi connectivity index (χ2v) is 6.07. The molecule has 0 atom stereocenters. The fraction of sp³-hybridized carbons (Fsp3) is 0.250. The lowest BCUT2D eigenvalue weighted by Gasteiger charge is -2.10. The Hall–Kier alpha value is -3.19. The van der Waals surface area contributed by atoms with E-state index in [1.807, 2.05) is 12.1 Å². The summed E-state index contributed by atoms with van der Waals surface area (Å²) >= 11 is 0. The van der Waals surface area contributed by atoms with Gasteiger partial charge in [0, 0.05) is 13.7 Å². The Morgan fingerprint density at radius 2 is 2.00 bits per heavy atom. The Balaban J connectivity index is 1.70. The number of hydrogen-bond acceptors (Lipinski definition) is 4. The smallest absolute Gasteiger partial charge is 0.188 e. The molecule has 0 saturated heterocycles. The van der Waals surface area contributed by atoms with Gasteiger partial charge in [-0.15, -0.1) is 0 Å². The minimum absolute atomic E-state index is 0.421. The molecule has 0 aliphatic heterocycles. The molecule has 0 unspecified atom stereocenters. The average molecular weight is 364 g/mol. The normalized spacial score (nSPS) is 11.5. The molecule has 0 aliphatic rings. The van der Waals surface area contributed by atoms with E-state index in [-0.39, 0.29) is 0 Å². The van der Waals surface area contributed by atoms with Crippen molar-refractivity contribution >= 4 is 5.96 Å². The van der Waals surface area contributed by atoms with Crippen molar-refractivity contribution < 1.29 is 4.74 Å². The van der Waals surface area contributed by atoms with Gasteiger partial charge in [0.1, 0.15) is 12.7 Å². The summed E-state index contributed by atoms with van der Waals surface area (Å²) in [5.41, 5.74) is 10.5. The number of rotatable bonds is 8. The van der Waals surface area contributed by atoms with E-state index in [1.165, 1.54) is 5.56 Å². The highest BCUT2D eigenvalue weighted by molar-refractivity contribution is 5.78. The van der Waals surface area contributed by atoms with Crippen molar-refractivity contribution in [2.45, 2.75) is 13.1 Å². The molecular weight excluding hydrogens is 340 g/mol. The fourth-order valence-electron chi connectivity index (χ4n) is 2.74. The molecule has 0 amide bonds. The van der Waals surface area contributed by atoms with Gasteiger partial charge >= 0.3 is 0 Å². The van der Waals surface area contributed by atoms with Crippen LogP contribution >= 0.6 is 0 Å². The van der Waals surface area contributed by atoms with Crippen LogP contribution in [0.2, 0.25) is 0 Å². The molecule has 0 fully saturated rings. The molecule has 3 rings (SSSR count). The van der Waals surface area contributed by atoms with Crippen molar-refractivity contribution in [1.29, 1.82) is 0 Å². The van der Waals surface area contributed by atoms with Gasteiger partial charge in [-0.25, -0.2) is 14.7 Å². The minimum atomic E-state index is 0.421. The summed E-state index contributed by atoms with van der Waals surface area (Å²) in [6, 6.07) is 16.7. The molecule has 1 heterocycles. The Labute approximate surface area is 158 Å². The first-order valence-corrected chi connectivity index (χ1v) is 8.78. The van der Waals surface area contributed by atoms with E-state index in [0.29, 0.717) is 32.2 Å². The van der Waals surface area contributed by atoms with Gasteiger partial charge in [-0.2, -0.15) is 5.10 Å². The number of methoxy groups -OCH3 is 1. The van der Waals surface area contributed by atoms with Crippen molar-refractivity contribution in [2.24, 2.45) is 10.7 Å². The zero-order valence-corrected chi connectivity index (χ0v) is 15.4. The molecule has 3 N–H and O–H groups in total. The number of hydrogen-bond donors (Lipinski definition) is 2. The van der Waals surface area contributed by atoms with Gasteiger partial charge in [0.05, 0.1) is 19.7 Å². The highest BCUT2D eigenvalue weighted by Crippen LogP contribution is 2.24. The Kier molecular flexibility index (Phi) is 6.54. The van der Waals surface area contributed by atoms with Crippen LogP contribution in [0, 0.1) is 0 Å². The number of aromatic nitrogens is 3. The van der Waals surface area contributed by atoms with Gasteiger partial charge < -0.3 is 15.8 Å². The molecule has 2 aromatic carbocycles. The van der Waals surface area contributed by atoms with Gasteiger partial charge in [-0.3, -0.25) is 0 Å². The second-order valence-electron chi connectivity index (χ2n) is 6.07. The van der Waals surface area contributed by atoms with Crippen LogP contribution in [0.4, 0.5) is 0 Å². The Morgan fingerprint density at radius 1 is 1.19 bits per heavy atom. The summed E-state index contributed by atoms with van der Waals surface area (Å²) in [5, 5.41) is 7.17. The number of ether oxygens (including phenoxy) is 1. The number of benzene rings is 2. The zero-order valence-electron chi connectivity index (χ0n) is 15.4. The monoisotopic (exact) mass is 364 g/mol. The average Bonchev–Trinajstić information content (AvgIpc) is 3.20. The number of nitrogens with two attached hydrogens (primary N) is 1. The van der Waals surface area contributed by atoms with Gasteiger partial charge in [0.15, 0.2) is 5.96 Å². The van der Waals surface area contributed by atoms with Crippen LogP contribution < -0.4 is 11.1 Å². The summed E-state index contributed by atoms with van der Waals surface area (Å²) < 4.78 is 6.80. The van der Waals surface area contributed by atoms with Crippen molar-refractivity contribution in [2.75, 3.05) is 20.3 Å². The number of nitrogens with one attached hydrogen (secondary N) is 1. The Bertz CT molecular complexity index is 858. The predicted molar refractivity (Wildman–Crippen MR) is 106 cm³/mol. The maximum atomic E-state index is 5.91. The molecule has 7 heteroatoms. The van der Waals surface area contributed by atoms with Gasteiger partial charge in [-0.05, 0) is 22.3 Å². The molecule has 0 bridgehead atoms. The number of nitrogens with zero attached hydrogens (tertiary/aromatic N) is 4. The van der Waals surface area contributed by atoms with Crippen LogP contribution in [0.5, 0.6) is 0 Å². The van der Waals surface area contributed by atoms with E-state index in [2.05, 4.69) is 56.8 Å². The van der Waals surface area contributed by atoms with E-state index in [9.17, 15) is 0 Å². The number of guanidine groups is 1. The standard InChI is InChI=1S/C20H24N6O/c1-27-11-10-23-20(21)24-12-18-4-2-3-5-19(18)17-8-6-16(7-9-17)13-26-15-22-14-25-26/h2-9,14-15H,10-13H2,1H3,(H3,21,23,24). The predicted octanol–water partition coefficient (Wildman–Crippen LogP) is 2.04. The van der Waals surface area contributed by atoms with Gasteiger partial charge in [0.2, 0.25) is 0 Å². The highest BCUT2D eigenvalue weighted by atomic mass is 16.5. The van der Waals surface area contributed by atoms with Crippen molar-refractivity contribution in [3.8, 4) is 11.1 Å². The molecule has 27 heavy (non-hydrogen) atoms. The van der Waals surface area contributed by atoms with Crippen molar-refractivity contribution in [1.82, 2.24) is 20.1 Å². The maximum Gasteiger partial charge on any atom is 0.188 e. The molecule has 0 aliphatic carbocycles. The van der Waals surface area contributed by atoms with Crippen LogP contribution in [0.1, 0.15) is 11.1 Å².